The van der Waals surface area contributed by atoms with Gasteiger partial charge in [-0.05, 0) is 67.7 Å². The smallest absolute Gasteiger partial charge is 0.181 e. The fourth-order valence-corrected chi connectivity index (χ4v) is 3.67. The first-order chi connectivity index (χ1) is 11.8. The average molecular weight is 322 g/mol. The number of aryl methyl sites for hydroxylation is 1. The van der Waals surface area contributed by atoms with Gasteiger partial charge in [0.15, 0.2) is 5.65 Å². The van der Waals surface area contributed by atoms with Crippen LogP contribution in [0.5, 0.6) is 5.75 Å². The molecule has 0 aliphatic carbocycles. The highest BCUT2D eigenvalue weighted by molar-refractivity contribution is 5.95. The number of hydrogen-bond acceptors (Lipinski definition) is 4. The van der Waals surface area contributed by atoms with Crippen LogP contribution in [0.15, 0.2) is 30.5 Å². The van der Waals surface area contributed by atoms with Crippen LogP contribution in [0.1, 0.15) is 30.0 Å². The van der Waals surface area contributed by atoms with Gasteiger partial charge in [0.2, 0.25) is 0 Å². The molecule has 0 radical (unpaired) electrons. The van der Waals surface area contributed by atoms with E-state index in [1.54, 1.807) is 7.11 Å². The number of aromatic nitrogens is 3. The van der Waals surface area contributed by atoms with Crippen LogP contribution in [0.2, 0.25) is 0 Å². The van der Waals surface area contributed by atoms with Gasteiger partial charge in [0.25, 0.3) is 0 Å². The van der Waals surface area contributed by atoms with Crippen molar-refractivity contribution >= 4 is 11.0 Å². The summed E-state index contributed by atoms with van der Waals surface area (Å²) in [7, 11) is 1.70. The van der Waals surface area contributed by atoms with Crippen molar-refractivity contribution in [3.05, 3.63) is 41.7 Å². The Hall–Kier alpha value is -2.40. The summed E-state index contributed by atoms with van der Waals surface area (Å²) < 4.78 is 5.34. The van der Waals surface area contributed by atoms with Crippen LogP contribution in [-0.4, -0.2) is 35.4 Å². The van der Waals surface area contributed by atoms with Gasteiger partial charge in [0, 0.05) is 17.8 Å². The van der Waals surface area contributed by atoms with Crippen LogP contribution in [0.25, 0.3) is 22.2 Å². The van der Waals surface area contributed by atoms with Crippen LogP contribution < -0.4 is 10.1 Å². The number of piperidine rings is 1. The quantitative estimate of drug-likeness (QED) is 0.776. The van der Waals surface area contributed by atoms with E-state index in [1.807, 2.05) is 12.3 Å². The zero-order valence-electron chi connectivity index (χ0n) is 14.1. The normalized spacial score (nSPS) is 15.8. The number of pyridine rings is 1. The third kappa shape index (κ3) is 2.55. The lowest BCUT2D eigenvalue weighted by molar-refractivity contribution is 0.414. The first kappa shape index (κ1) is 15.1. The summed E-state index contributed by atoms with van der Waals surface area (Å²) in [6.07, 6.45) is 4.11. The molecule has 0 unspecified atom stereocenters. The number of benzene rings is 1. The predicted molar refractivity (Wildman–Crippen MR) is 95.5 cm³/mol. The zero-order chi connectivity index (χ0) is 16.5. The Morgan fingerprint density at radius 2 is 1.96 bits per heavy atom. The molecule has 1 saturated heterocycles. The highest BCUT2D eigenvalue weighted by atomic mass is 16.5. The van der Waals surface area contributed by atoms with Crippen LogP contribution in [-0.2, 0) is 0 Å². The molecule has 24 heavy (non-hydrogen) atoms. The second-order valence-corrected chi connectivity index (χ2v) is 6.40. The lowest BCUT2D eigenvalue weighted by Crippen LogP contribution is -2.26. The maximum atomic E-state index is 5.34. The van der Waals surface area contributed by atoms with E-state index in [0.717, 1.165) is 42.7 Å². The summed E-state index contributed by atoms with van der Waals surface area (Å²) in [5.74, 6) is 1.39. The summed E-state index contributed by atoms with van der Waals surface area (Å²) in [6.45, 7) is 4.24. The van der Waals surface area contributed by atoms with Gasteiger partial charge in [-0.15, -0.1) is 0 Å². The molecule has 1 aromatic carbocycles. The van der Waals surface area contributed by atoms with Crippen molar-refractivity contribution in [2.24, 2.45) is 0 Å². The summed E-state index contributed by atoms with van der Waals surface area (Å²) in [5.41, 5.74) is 5.63. The highest BCUT2D eigenvalue weighted by Crippen LogP contribution is 2.37. The van der Waals surface area contributed by atoms with Crippen molar-refractivity contribution in [3.8, 4) is 16.9 Å². The van der Waals surface area contributed by atoms with Crippen molar-refractivity contribution < 1.29 is 4.74 Å². The average Bonchev–Trinajstić information content (AvgIpc) is 3.07. The maximum absolute atomic E-state index is 5.34. The molecule has 3 heterocycles. The van der Waals surface area contributed by atoms with E-state index < -0.39 is 0 Å². The Bertz CT molecular complexity index is 865. The molecule has 0 amide bonds. The Balaban J connectivity index is 1.87. The molecule has 2 aromatic heterocycles. The number of nitrogens with zero attached hydrogens (tertiary/aromatic N) is 2. The lowest BCUT2D eigenvalue weighted by Gasteiger charge is -2.22. The number of ether oxygens (including phenoxy) is 1. The number of hydrogen-bond donors (Lipinski definition) is 2. The third-order valence-corrected chi connectivity index (χ3v) is 4.95. The molecule has 1 fully saturated rings. The van der Waals surface area contributed by atoms with E-state index in [2.05, 4.69) is 45.6 Å². The van der Waals surface area contributed by atoms with E-state index in [0.29, 0.717) is 5.92 Å². The van der Waals surface area contributed by atoms with Gasteiger partial charge in [-0.2, -0.15) is 5.10 Å². The Labute approximate surface area is 141 Å². The van der Waals surface area contributed by atoms with Gasteiger partial charge in [0.1, 0.15) is 5.75 Å². The van der Waals surface area contributed by atoms with Gasteiger partial charge in [-0.1, -0.05) is 6.07 Å². The van der Waals surface area contributed by atoms with Crippen LogP contribution in [0, 0.1) is 6.92 Å². The minimum Gasteiger partial charge on any atom is -0.497 e. The standard InChI is InChI=1S/C19H22N4O/c1-12-11-14(24-2)3-4-15(12)16-7-10-21-19-17(16)18(22-23-19)13-5-8-20-9-6-13/h3-4,7,10-11,13,20H,5-6,8-9H2,1-2H3,(H,21,22,23). The molecule has 5 nitrogen and oxygen atoms in total. The minimum atomic E-state index is 0.512. The first-order valence-electron chi connectivity index (χ1n) is 8.46. The molecule has 0 saturated carbocycles. The van der Waals surface area contributed by atoms with Crippen LogP contribution in [0.3, 0.4) is 0 Å². The Kier molecular flexibility index (Phi) is 3.94. The molecular weight excluding hydrogens is 300 g/mol. The summed E-state index contributed by atoms with van der Waals surface area (Å²) in [4.78, 5) is 4.46. The number of methoxy groups -OCH3 is 1. The number of nitrogens with one attached hydrogen (secondary N) is 2. The second-order valence-electron chi connectivity index (χ2n) is 6.40. The van der Waals surface area contributed by atoms with Crippen molar-refractivity contribution in [2.75, 3.05) is 20.2 Å². The van der Waals surface area contributed by atoms with E-state index in [9.17, 15) is 0 Å². The molecule has 3 aromatic rings. The van der Waals surface area contributed by atoms with Gasteiger partial charge in [-0.3, -0.25) is 5.10 Å². The van der Waals surface area contributed by atoms with E-state index in [4.69, 9.17) is 4.74 Å². The SMILES string of the molecule is COc1ccc(-c2ccnc3n[nH]c(C4CCNCC4)c23)c(C)c1. The number of fused-ring (bicyclic) bond motifs is 1. The fraction of sp³-hybridized carbons (Fsp3) is 0.368. The Morgan fingerprint density at radius 3 is 2.71 bits per heavy atom. The molecule has 5 heteroatoms. The highest BCUT2D eigenvalue weighted by Gasteiger charge is 2.22. The van der Waals surface area contributed by atoms with Gasteiger partial charge < -0.3 is 10.1 Å². The lowest BCUT2D eigenvalue weighted by atomic mass is 9.90. The molecule has 0 atom stereocenters. The van der Waals surface area contributed by atoms with Crippen molar-refractivity contribution in [1.82, 2.24) is 20.5 Å². The van der Waals surface area contributed by atoms with E-state index in [1.165, 1.54) is 22.4 Å². The van der Waals surface area contributed by atoms with Crippen molar-refractivity contribution in [3.63, 3.8) is 0 Å². The first-order valence-corrected chi connectivity index (χ1v) is 8.46. The molecule has 1 aliphatic rings. The number of rotatable bonds is 3. The van der Waals surface area contributed by atoms with E-state index in [-0.39, 0.29) is 0 Å². The minimum absolute atomic E-state index is 0.512. The molecule has 4 rings (SSSR count). The molecule has 1 aliphatic heterocycles. The maximum Gasteiger partial charge on any atom is 0.181 e. The number of aromatic amines is 1. The van der Waals surface area contributed by atoms with Crippen LogP contribution >= 0.6 is 0 Å². The third-order valence-electron chi connectivity index (χ3n) is 4.95. The topological polar surface area (TPSA) is 62.8 Å². The number of H-pyrrole nitrogens is 1. The molecule has 0 bridgehead atoms. The molecule has 2 N–H and O–H groups in total. The summed E-state index contributed by atoms with van der Waals surface area (Å²) >= 11 is 0. The van der Waals surface area contributed by atoms with E-state index >= 15 is 0 Å². The Morgan fingerprint density at radius 1 is 1.12 bits per heavy atom. The molecule has 124 valence electrons. The molecular formula is C19H22N4O. The monoisotopic (exact) mass is 322 g/mol. The van der Waals surface area contributed by atoms with Crippen LogP contribution in [0.4, 0.5) is 0 Å². The van der Waals surface area contributed by atoms with Gasteiger partial charge in [0.05, 0.1) is 12.5 Å². The van der Waals surface area contributed by atoms with Crippen molar-refractivity contribution in [2.45, 2.75) is 25.7 Å². The zero-order valence-corrected chi connectivity index (χ0v) is 14.1. The molecule has 0 spiro atoms. The van der Waals surface area contributed by atoms with Crippen molar-refractivity contribution in [1.29, 1.82) is 0 Å². The fourth-order valence-electron chi connectivity index (χ4n) is 3.67. The predicted octanol–water partition coefficient (Wildman–Crippen LogP) is 3.41. The van der Waals surface area contributed by atoms with Gasteiger partial charge in [-0.25, -0.2) is 4.98 Å². The summed E-state index contributed by atoms with van der Waals surface area (Å²) in [6, 6.07) is 8.31. The summed E-state index contributed by atoms with van der Waals surface area (Å²) in [5, 5.41) is 12.3. The van der Waals surface area contributed by atoms with Gasteiger partial charge >= 0.3 is 0 Å². The largest absolute Gasteiger partial charge is 0.497 e. The second kappa shape index (κ2) is 6.24.